The Morgan fingerprint density at radius 2 is 1.84 bits per heavy atom. The summed E-state index contributed by atoms with van der Waals surface area (Å²) in [6.07, 6.45) is 1.04. The summed E-state index contributed by atoms with van der Waals surface area (Å²) < 4.78 is 5.94. The number of carbonyl (C=O) groups excluding carboxylic acids is 1. The van der Waals surface area contributed by atoms with Crippen molar-refractivity contribution in [2.45, 2.75) is 26.2 Å². The molecular formula is C24H19Cl3N2O2. The zero-order valence-corrected chi connectivity index (χ0v) is 19.1. The van der Waals surface area contributed by atoms with Gasteiger partial charge in [0.15, 0.2) is 5.58 Å². The third kappa shape index (κ3) is 4.57. The Kier molecular flexibility index (Phi) is 6.24. The SMILES string of the molecule is CC[C@@H](C)c1ccc2oc(-c3cc(NC(=O)c4ccc(Cl)cc4Cl)ccc3Cl)nc2c1. The number of nitrogens with zero attached hydrogens (tertiary/aromatic N) is 1. The number of nitrogens with one attached hydrogen (secondary N) is 1. The second-order valence-corrected chi connectivity index (χ2v) is 8.58. The molecule has 31 heavy (non-hydrogen) atoms. The number of halogens is 3. The lowest BCUT2D eigenvalue weighted by Crippen LogP contribution is -2.12. The minimum absolute atomic E-state index is 0.273. The van der Waals surface area contributed by atoms with E-state index in [2.05, 4.69) is 30.2 Å². The summed E-state index contributed by atoms with van der Waals surface area (Å²) in [5, 5.41) is 4.03. The number of benzene rings is 3. The highest BCUT2D eigenvalue weighted by atomic mass is 35.5. The van der Waals surface area contributed by atoms with Gasteiger partial charge in [0, 0.05) is 10.7 Å². The first-order valence-corrected chi connectivity index (χ1v) is 11.0. The Balaban J connectivity index is 1.65. The molecule has 0 unspecified atom stereocenters. The molecule has 0 bridgehead atoms. The van der Waals surface area contributed by atoms with Gasteiger partial charge in [-0.05, 0) is 66.4 Å². The average Bonchev–Trinajstić information content (AvgIpc) is 3.17. The van der Waals surface area contributed by atoms with Crippen molar-refractivity contribution in [2.75, 3.05) is 5.32 Å². The first-order chi connectivity index (χ1) is 14.9. The number of anilines is 1. The van der Waals surface area contributed by atoms with Crippen molar-refractivity contribution in [3.8, 4) is 11.5 Å². The number of oxazole rings is 1. The van der Waals surface area contributed by atoms with Gasteiger partial charge >= 0.3 is 0 Å². The smallest absolute Gasteiger partial charge is 0.257 e. The summed E-state index contributed by atoms with van der Waals surface area (Å²) in [6.45, 7) is 4.33. The predicted molar refractivity (Wildman–Crippen MR) is 128 cm³/mol. The van der Waals surface area contributed by atoms with Crippen molar-refractivity contribution in [2.24, 2.45) is 0 Å². The van der Waals surface area contributed by atoms with Gasteiger partial charge in [-0.15, -0.1) is 0 Å². The van der Waals surface area contributed by atoms with Crippen LogP contribution in [0.15, 0.2) is 59.0 Å². The Morgan fingerprint density at radius 1 is 1.03 bits per heavy atom. The number of rotatable bonds is 5. The van der Waals surface area contributed by atoms with Crippen molar-refractivity contribution in [1.82, 2.24) is 4.98 Å². The van der Waals surface area contributed by atoms with E-state index < -0.39 is 0 Å². The molecule has 0 saturated heterocycles. The molecule has 4 rings (SSSR count). The molecule has 3 aromatic carbocycles. The molecule has 0 radical (unpaired) electrons. The number of fused-ring (bicyclic) bond motifs is 1. The molecule has 4 aromatic rings. The van der Waals surface area contributed by atoms with Gasteiger partial charge in [0.1, 0.15) is 5.52 Å². The van der Waals surface area contributed by atoms with Crippen LogP contribution in [0.5, 0.6) is 0 Å². The van der Waals surface area contributed by atoms with Gasteiger partial charge in [0.2, 0.25) is 5.89 Å². The monoisotopic (exact) mass is 472 g/mol. The minimum atomic E-state index is -0.356. The summed E-state index contributed by atoms with van der Waals surface area (Å²) in [5.41, 5.74) is 4.11. The maximum Gasteiger partial charge on any atom is 0.257 e. The van der Waals surface area contributed by atoms with Gasteiger partial charge in [-0.3, -0.25) is 4.79 Å². The lowest BCUT2D eigenvalue weighted by Gasteiger charge is -2.09. The van der Waals surface area contributed by atoms with Crippen LogP contribution in [0.25, 0.3) is 22.6 Å². The molecule has 1 N–H and O–H groups in total. The van der Waals surface area contributed by atoms with Crippen LogP contribution in [0.3, 0.4) is 0 Å². The number of aromatic nitrogens is 1. The highest BCUT2D eigenvalue weighted by molar-refractivity contribution is 6.37. The molecule has 0 aliphatic heterocycles. The average molecular weight is 474 g/mol. The molecule has 0 spiro atoms. The second-order valence-electron chi connectivity index (χ2n) is 7.33. The quantitative estimate of drug-likeness (QED) is 0.317. The molecule has 0 aliphatic carbocycles. The van der Waals surface area contributed by atoms with Crippen molar-refractivity contribution in [1.29, 1.82) is 0 Å². The number of hydrogen-bond donors (Lipinski definition) is 1. The molecule has 1 atom stereocenters. The van der Waals surface area contributed by atoms with Crippen LogP contribution in [0.1, 0.15) is 42.1 Å². The van der Waals surface area contributed by atoms with E-state index in [1.54, 1.807) is 30.3 Å². The first-order valence-electron chi connectivity index (χ1n) is 9.82. The lowest BCUT2D eigenvalue weighted by molar-refractivity contribution is 0.102. The molecule has 0 aliphatic rings. The topological polar surface area (TPSA) is 55.1 Å². The molecule has 158 valence electrons. The molecule has 1 aromatic heterocycles. The summed E-state index contributed by atoms with van der Waals surface area (Å²) in [6, 6.07) is 15.9. The largest absolute Gasteiger partial charge is 0.436 e. The highest BCUT2D eigenvalue weighted by Gasteiger charge is 2.16. The summed E-state index contributed by atoms with van der Waals surface area (Å²) >= 11 is 18.5. The summed E-state index contributed by atoms with van der Waals surface area (Å²) in [7, 11) is 0. The van der Waals surface area contributed by atoms with Crippen molar-refractivity contribution in [3.05, 3.63) is 80.8 Å². The number of amides is 1. The van der Waals surface area contributed by atoms with E-state index in [4.69, 9.17) is 39.2 Å². The van der Waals surface area contributed by atoms with Crippen LogP contribution in [-0.4, -0.2) is 10.9 Å². The third-order valence-corrected chi connectivity index (χ3v) is 6.10. The first kappa shape index (κ1) is 21.7. The fourth-order valence-corrected chi connectivity index (χ4v) is 3.93. The highest BCUT2D eigenvalue weighted by Crippen LogP contribution is 2.34. The Labute approximate surface area is 195 Å². The fourth-order valence-electron chi connectivity index (χ4n) is 3.24. The van der Waals surface area contributed by atoms with E-state index in [1.807, 2.05) is 12.1 Å². The number of carbonyl (C=O) groups is 1. The van der Waals surface area contributed by atoms with E-state index in [-0.39, 0.29) is 10.9 Å². The molecule has 0 fully saturated rings. The lowest BCUT2D eigenvalue weighted by atomic mass is 9.98. The summed E-state index contributed by atoms with van der Waals surface area (Å²) in [5.74, 6) is 0.471. The standard InChI is InChI=1S/C24H19Cl3N2O2/c1-3-13(2)14-4-9-22-21(10-14)29-24(31-22)18-12-16(6-8-19(18)26)28-23(30)17-7-5-15(25)11-20(17)27/h4-13H,3H2,1-2H3,(H,28,30)/t13-/m1/s1. The van der Waals surface area contributed by atoms with E-state index >= 15 is 0 Å². The van der Waals surface area contributed by atoms with Crippen LogP contribution >= 0.6 is 34.8 Å². The van der Waals surface area contributed by atoms with Gasteiger partial charge in [0.25, 0.3) is 5.91 Å². The van der Waals surface area contributed by atoms with Crippen LogP contribution < -0.4 is 5.32 Å². The maximum atomic E-state index is 12.6. The zero-order chi connectivity index (χ0) is 22.1. The maximum absolute atomic E-state index is 12.6. The van der Waals surface area contributed by atoms with Gasteiger partial charge in [-0.1, -0.05) is 54.7 Å². The van der Waals surface area contributed by atoms with Crippen molar-refractivity contribution < 1.29 is 9.21 Å². The Morgan fingerprint density at radius 3 is 2.58 bits per heavy atom. The molecule has 1 heterocycles. The van der Waals surface area contributed by atoms with E-state index in [0.717, 1.165) is 11.9 Å². The molecule has 0 saturated carbocycles. The van der Waals surface area contributed by atoms with Gasteiger partial charge < -0.3 is 9.73 Å². The van der Waals surface area contributed by atoms with Crippen LogP contribution in [0, 0.1) is 0 Å². The Hall–Kier alpha value is -2.53. The van der Waals surface area contributed by atoms with Crippen LogP contribution in [0.4, 0.5) is 5.69 Å². The molecule has 1 amide bonds. The summed E-state index contributed by atoms with van der Waals surface area (Å²) in [4.78, 5) is 17.3. The van der Waals surface area contributed by atoms with Crippen LogP contribution in [-0.2, 0) is 0 Å². The number of hydrogen-bond acceptors (Lipinski definition) is 3. The van der Waals surface area contributed by atoms with Gasteiger partial charge in [0.05, 0.1) is 21.2 Å². The third-order valence-electron chi connectivity index (χ3n) is 5.22. The Bertz CT molecular complexity index is 1280. The molecule has 7 heteroatoms. The van der Waals surface area contributed by atoms with E-state index in [9.17, 15) is 4.79 Å². The van der Waals surface area contributed by atoms with E-state index in [0.29, 0.717) is 44.3 Å². The van der Waals surface area contributed by atoms with Crippen molar-refractivity contribution in [3.63, 3.8) is 0 Å². The van der Waals surface area contributed by atoms with Crippen LogP contribution in [0.2, 0.25) is 15.1 Å². The fraction of sp³-hybridized carbons (Fsp3) is 0.167. The zero-order valence-electron chi connectivity index (χ0n) is 16.9. The normalized spacial score (nSPS) is 12.2. The van der Waals surface area contributed by atoms with Gasteiger partial charge in [-0.25, -0.2) is 4.98 Å². The van der Waals surface area contributed by atoms with Gasteiger partial charge in [-0.2, -0.15) is 0 Å². The van der Waals surface area contributed by atoms with E-state index in [1.165, 1.54) is 11.6 Å². The predicted octanol–water partition coefficient (Wildman–Crippen LogP) is 8.22. The molecular weight excluding hydrogens is 455 g/mol. The van der Waals surface area contributed by atoms with Crippen molar-refractivity contribution >= 4 is 57.5 Å². The molecule has 4 nitrogen and oxygen atoms in total. The second kappa shape index (κ2) is 8.91. The minimum Gasteiger partial charge on any atom is -0.436 e.